The summed E-state index contributed by atoms with van der Waals surface area (Å²) in [6.07, 6.45) is 13.8. The lowest BCUT2D eigenvalue weighted by Gasteiger charge is -2.42. The van der Waals surface area contributed by atoms with E-state index in [1.54, 1.807) is 37.4 Å². The molecule has 5 rings (SSSR count). The molecule has 0 unspecified atom stereocenters. The highest BCUT2D eigenvalue weighted by molar-refractivity contribution is 6.04. The number of rotatable bonds is 18. The zero-order valence-electron chi connectivity index (χ0n) is 33.7. The fourth-order valence-corrected chi connectivity index (χ4v) is 8.19. The van der Waals surface area contributed by atoms with Crippen LogP contribution in [0.3, 0.4) is 0 Å². The molecule has 1 aromatic heterocycles. The number of likely N-dealkylation sites (N-methyl/N-ethyl adjacent to an activating group) is 1. The van der Waals surface area contributed by atoms with Gasteiger partial charge in [-0.15, -0.1) is 0 Å². The molecule has 3 N–H and O–H groups in total. The Kier molecular flexibility index (Phi) is 15.3. The number of nitrogens with one attached hydrogen (secondary N) is 3. The smallest absolute Gasteiger partial charge is 0.251 e. The molecule has 1 aliphatic carbocycles. The number of hydrogen-bond donors (Lipinski definition) is 3. The molecule has 13 nitrogen and oxygen atoms in total. The summed E-state index contributed by atoms with van der Waals surface area (Å²) in [5, 5.41) is 9.60. The van der Waals surface area contributed by atoms with E-state index in [1.807, 2.05) is 13.0 Å². The Labute approximate surface area is 323 Å². The van der Waals surface area contributed by atoms with Crippen molar-refractivity contribution >= 4 is 40.9 Å². The number of carbonyl (C=O) groups is 3. The third-order valence-corrected chi connectivity index (χ3v) is 11.4. The van der Waals surface area contributed by atoms with Crippen molar-refractivity contribution < 1.29 is 19.1 Å². The molecule has 3 heterocycles. The average Bonchev–Trinajstić information content (AvgIpc) is 3.18. The van der Waals surface area contributed by atoms with Crippen molar-refractivity contribution in [3.8, 4) is 5.75 Å². The van der Waals surface area contributed by atoms with Crippen molar-refractivity contribution in [3.05, 3.63) is 30.0 Å². The van der Waals surface area contributed by atoms with Crippen molar-refractivity contribution in [3.63, 3.8) is 0 Å². The van der Waals surface area contributed by atoms with Gasteiger partial charge in [0.15, 0.2) is 5.82 Å². The zero-order valence-corrected chi connectivity index (χ0v) is 33.7. The Hall–Kier alpha value is -3.97. The number of anilines is 4. The lowest BCUT2D eigenvalue weighted by atomic mass is 9.89. The largest absolute Gasteiger partial charge is 0.495 e. The van der Waals surface area contributed by atoms with Crippen LogP contribution < -0.4 is 30.5 Å². The summed E-state index contributed by atoms with van der Waals surface area (Å²) in [4.78, 5) is 56.7. The van der Waals surface area contributed by atoms with Gasteiger partial charge < -0.3 is 35.4 Å². The van der Waals surface area contributed by atoms with E-state index in [9.17, 15) is 14.4 Å². The SMILES string of the molecule is CCCCCNC(=O)CCCCCN1CCN(C2CCC(NC(=O)c3ccc(Nc4ncc5c(n4)N(C(C)C)[C@H](CC)C(=O)N5C)c(OC)c3)CC2)CC1. The van der Waals surface area contributed by atoms with Crippen LogP contribution in [0.15, 0.2) is 24.4 Å². The number of aromatic nitrogens is 2. The molecule has 3 aliphatic rings. The normalized spacial score (nSPS) is 20.9. The van der Waals surface area contributed by atoms with Gasteiger partial charge in [0.1, 0.15) is 17.5 Å². The maximum atomic E-state index is 13.4. The van der Waals surface area contributed by atoms with Gasteiger partial charge in [-0.3, -0.25) is 19.3 Å². The van der Waals surface area contributed by atoms with Crippen molar-refractivity contribution in [2.45, 2.75) is 129 Å². The van der Waals surface area contributed by atoms with Crippen LogP contribution in [0.1, 0.15) is 115 Å². The molecule has 54 heavy (non-hydrogen) atoms. The standard InChI is InChI=1S/C41H65N9O4/c1-7-9-12-21-42-37(51)14-11-10-13-22-48-23-25-49(26-24-48)32-18-16-31(17-19-32)44-39(52)30-15-20-33(36(27-30)54-6)45-41-43-28-35-38(46-41)50(29(3)4)34(8-2)40(53)47(35)5/h15,20,27-29,31-32,34H,7-14,16-19,21-26H2,1-6H3,(H,42,51)(H,44,52)(H,43,45,46)/t31?,32?,34-/m1/s1. The lowest BCUT2D eigenvalue weighted by molar-refractivity contribution is -0.121. The van der Waals surface area contributed by atoms with E-state index >= 15 is 0 Å². The second-order valence-corrected chi connectivity index (χ2v) is 15.5. The van der Waals surface area contributed by atoms with Gasteiger partial charge in [-0.1, -0.05) is 33.1 Å². The topological polar surface area (TPSA) is 135 Å². The number of benzene rings is 1. The van der Waals surface area contributed by atoms with Crippen molar-refractivity contribution in [1.82, 2.24) is 30.4 Å². The van der Waals surface area contributed by atoms with Gasteiger partial charge in [0.05, 0.1) is 19.0 Å². The Bertz CT molecular complexity index is 1540. The van der Waals surface area contributed by atoms with Gasteiger partial charge in [0, 0.05) is 69.9 Å². The fraction of sp³-hybridized carbons (Fsp3) is 0.683. The molecule has 13 heteroatoms. The van der Waals surface area contributed by atoms with Gasteiger partial charge in [-0.2, -0.15) is 4.98 Å². The maximum absolute atomic E-state index is 13.4. The van der Waals surface area contributed by atoms with Crippen LogP contribution in [-0.4, -0.2) is 115 Å². The summed E-state index contributed by atoms with van der Waals surface area (Å²) in [5.74, 6) is 1.76. The summed E-state index contributed by atoms with van der Waals surface area (Å²) in [5.41, 5.74) is 1.87. The first-order valence-corrected chi connectivity index (χ1v) is 20.5. The van der Waals surface area contributed by atoms with Crippen LogP contribution in [0.4, 0.5) is 23.1 Å². The number of unbranched alkanes of at least 4 members (excludes halogenated alkanes) is 4. The molecular formula is C41H65N9O4. The van der Waals surface area contributed by atoms with Gasteiger partial charge in [-0.25, -0.2) is 4.98 Å². The van der Waals surface area contributed by atoms with Gasteiger partial charge in [-0.05, 0) is 90.0 Å². The van der Waals surface area contributed by atoms with E-state index in [4.69, 9.17) is 9.72 Å². The molecule has 1 aromatic carbocycles. The van der Waals surface area contributed by atoms with Crippen molar-refractivity contribution in [2.24, 2.45) is 0 Å². The minimum atomic E-state index is -0.290. The first-order valence-electron chi connectivity index (χ1n) is 20.5. The first-order chi connectivity index (χ1) is 26.1. The van der Waals surface area contributed by atoms with Gasteiger partial charge in [0.25, 0.3) is 5.91 Å². The van der Waals surface area contributed by atoms with Gasteiger partial charge in [0.2, 0.25) is 17.8 Å². The molecule has 0 radical (unpaired) electrons. The molecule has 298 valence electrons. The van der Waals surface area contributed by atoms with Crippen LogP contribution in [0, 0.1) is 0 Å². The predicted octanol–water partition coefficient (Wildman–Crippen LogP) is 5.72. The summed E-state index contributed by atoms with van der Waals surface area (Å²) >= 11 is 0. The Morgan fingerprint density at radius 2 is 1.74 bits per heavy atom. The van der Waals surface area contributed by atoms with Crippen molar-refractivity contribution in [2.75, 3.05) is 68.5 Å². The molecule has 2 aromatic rings. The third kappa shape index (κ3) is 10.6. The number of amides is 3. The maximum Gasteiger partial charge on any atom is 0.251 e. The number of methoxy groups -OCH3 is 1. The highest BCUT2D eigenvalue weighted by Gasteiger charge is 2.38. The highest BCUT2D eigenvalue weighted by atomic mass is 16.5. The summed E-state index contributed by atoms with van der Waals surface area (Å²) < 4.78 is 5.70. The van der Waals surface area contributed by atoms with Crippen molar-refractivity contribution in [1.29, 1.82) is 0 Å². The van der Waals surface area contributed by atoms with E-state index in [-0.39, 0.29) is 35.8 Å². The zero-order chi connectivity index (χ0) is 38.6. The second kappa shape index (κ2) is 20.1. The number of piperazine rings is 1. The molecule has 0 spiro atoms. The minimum absolute atomic E-state index is 0.0379. The van der Waals surface area contributed by atoms with E-state index in [0.29, 0.717) is 53.3 Å². The van der Waals surface area contributed by atoms with E-state index in [2.05, 4.69) is 56.4 Å². The Balaban J connectivity index is 1.04. The molecule has 1 atom stereocenters. The molecular weight excluding hydrogens is 683 g/mol. The molecule has 2 fully saturated rings. The quantitative estimate of drug-likeness (QED) is 0.163. The van der Waals surface area contributed by atoms with Crippen LogP contribution in [0.5, 0.6) is 5.75 Å². The number of nitrogens with zero attached hydrogens (tertiary/aromatic N) is 6. The lowest BCUT2D eigenvalue weighted by Crippen LogP contribution is -2.54. The van der Waals surface area contributed by atoms with Crippen LogP contribution in [0.2, 0.25) is 0 Å². The second-order valence-electron chi connectivity index (χ2n) is 15.5. The molecule has 1 saturated heterocycles. The predicted molar refractivity (Wildman–Crippen MR) is 216 cm³/mol. The number of fused-ring (bicyclic) bond motifs is 1. The van der Waals surface area contributed by atoms with Crippen LogP contribution in [-0.2, 0) is 9.59 Å². The number of ether oxygens (including phenoxy) is 1. The summed E-state index contributed by atoms with van der Waals surface area (Å²) in [6, 6.07) is 5.90. The van der Waals surface area contributed by atoms with E-state index < -0.39 is 0 Å². The van der Waals surface area contributed by atoms with E-state index in [0.717, 1.165) is 90.6 Å². The van der Waals surface area contributed by atoms with E-state index in [1.165, 1.54) is 12.8 Å². The number of carbonyl (C=O) groups excluding carboxylic acids is 3. The van der Waals surface area contributed by atoms with Gasteiger partial charge >= 0.3 is 0 Å². The molecule has 0 bridgehead atoms. The van der Waals surface area contributed by atoms with Crippen LogP contribution in [0.25, 0.3) is 0 Å². The Morgan fingerprint density at radius 1 is 0.981 bits per heavy atom. The van der Waals surface area contributed by atoms with Crippen LogP contribution >= 0.6 is 0 Å². The first kappa shape index (κ1) is 41.2. The third-order valence-electron chi connectivity index (χ3n) is 11.4. The molecule has 1 saturated carbocycles. The highest BCUT2D eigenvalue weighted by Crippen LogP contribution is 2.37. The minimum Gasteiger partial charge on any atom is -0.495 e. The molecule has 2 aliphatic heterocycles. The molecule has 3 amide bonds. The Morgan fingerprint density at radius 3 is 2.43 bits per heavy atom. The monoisotopic (exact) mass is 748 g/mol. The summed E-state index contributed by atoms with van der Waals surface area (Å²) in [7, 11) is 3.35. The fourth-order valence-electron chi connectivity index (χ4n) is 8.19. The number of hydrogen-bond acceptors (Lipinski definition) is 10. The average molecular weight is 748 g/mol. The summed E-state index contributed by atoms with van der Waals surface area (Å²) in [6.45, 7) is 14.7.